The summed E-state index contributed by atoms with van der Waals surface area (Å²) in [5.74, 6) is -0.699. The molecule has 1 N–H and O–H groups in total. The number of esters is 1. The molecule has 1 aromatic carbocycles. The summed E-state index contributed by atoms with van der Waals surface area (Å²) in [4.78, 5) is 25.8. The summed E-state index contributed by atoms with van der Waals surface area (Å²) < 4.78 is 39.9. The smallest absolute Gasteiger partial charge is 0.387 e. The second-order valence-corrected chi connectivity index (χ2v) is 5.45. The minimum absolute atomic E-state index is 0.103. The molecule has 0 spiro atoms. The fourth-order valence-corrected chi connectivity index (χ4v) is 2.62. The number of rotatable bonds is 6. The van der Waals surface area contributed by atoms with Crippen LogP contribution in [0.4, 0.5) is 13.6 Å². The number of hydrogen-bond donors (Lipinski definition) is 1. The number of ether oxygens (including phenoxy) is 3. The highest BCUT2D eigenvalue weighted by molar-refractivity contribution is 5.95. The van der Waals surface area contributed by atoms with Crippen LogP contribution in [0, 0.1) is 0 Å². The Balaban J connectivity index is 2.53. The van der Waals surface area contributed by atoms with Gasteiger partial charge in [0.25, 0.3) is 0 Å². The van der Waals surface area contributed by atoms with Crippen LogP contribution in [0.5, 0.6) is 11.5 Å². The standard InChI is InChI=1S/C17H20F2N2O5/c1-5-25-15(22)13-9(2)21(3)17(23)20-14(13)10-6-7-11(24-4)12(8-10)26-16(18)19/h6-8,14,16H,5H2,1-4H3,(H,20,23)/t14-/m0/s1. The molecule has 2 rings (SSSR count). The first-order valence-corrected chi connectivity index (χ1v) is 7.85. The minimum Gasteiger partial charge on any atom is -0.493 e. The summed E-state index contributed by atoms with van der Waals surface area (Å²) in [6.07, 6.45) is 0. The Labute approximate surface area is 149 Å². The van der Waals surface area contributed by atoms with Crippen LogP contribution >= 0.6 is 0 Å². The van der Waals surface area contributed by atoms with Gasteiger partial charge in [0.05, 0.1) is 25.3 Å². The topological polar surface area (TPSA) is 77.1 Å². The normalized spacial score (nSPS) is 17.3. The predicted molar refractivity (Wildman–Crippen MR) is 88.0 cm³/mol. The van der Waals surface area contributed by atoms with E-state index in [0.717, 1.165) is 0 Å². The molecule has 0 aliphatic carbocycles. The van der Waals surface area contributed by atoms with E-state index in [2.05, 4.69) is 10.1 Å². The molecule has 7 nitrogen and oxygen atoms in total. The average Bonchev–Trinajstić information content (AvgIpc) is 2.58. The summed E-state index contributed by atoms with van der Waals surface area (Å²) in [7, 11) is 2.83. The van der Waals surface area contributed by atoms with Gasteiger partial charge in [-0.25, -0.2) is 9.59 Å². The number of carbonyl (C=O) groups is 2. The summed E-state index contributed by atoms with van der Waals surface area (Å²) in [5.41, 5.74) is 0.997. The van der Waals surface area contributed by atoms with Gasteiger partial charge in [0.15, 0.2) is 11.5 Å². The maximum atomic E-state index is 12.7. The fraction of sp³-hybridized carbons (Fsp3) is 0.412. The van der Waals surface area contributed by atoms with E-state index in [0.29, 0.717) is 11.3 Å². The van der Waals surface area contributed by atoms with E-state index in [1.54, 1.807) is 19.9 Å². The largest absolute Gasteiger partial charge is 0.493 e. The second kappa shape index (κ2) is 8.03. The first-order chi connectivity index (χ1) is 12.3. The Hall–Kier alpha value is -2.84. The first kappa shape index (κ1) is 19.5. The molecule has 142 valence electrons. The quantitative estimate of drug-likeness (QED) is 0.780. The molecule has 1 aliphatic rings. The highest BCUT2D eigenvalue weighted by atomic mass is 19.3. The van der Waals surface area contributed by atoms with E-state index in [9.17, 15) is 18.4 Å². The zero-order chi connectivity index (χ0) is 19.4. The summed E-state index contributed by atoms with van der Waals surface area (Å²) in [5, 5.41) is 2.66. The van der Waals surface area contributed by atoms with Crippen molar-refractivity contribution in [2.24, 2.45) is 0 Å². The molecule has 0 unspecified atom stereocenters. The molecule has 9 heteroatoms. The van der Waals surface area contributed by atoms with Crippen molar-refractivity contribution in [1.82, 2.24) is 10.2 Å². The summed E-state index contributed by atoms with van der Waals surface area (Å²) in [6.45, 7) is 0.379. The van der Waals surface area contributed by atoms with Crippen molar-refractivity contribution in [3.8, 4) is 11.5 Å². The fourth-order valence-electron chi connectivity index (χ4n) is 2.62. The highest BCUT2D eigenvalue weighted by Crippen LogP contribution is 2.36. The molecule has 1 aliphatic heterocycles. The number of allylic oxidation sites excluding steroid dienone is 1. The second-order valence-electron chi connectivity index (χ2n) is 5.45. The van der Waals surface area contributed by atoms with Crippen molar-refractivity contribution in [2.75, 3.05) is 20.8 Å². The van der Waals surface area contributed by atoms with Crippen molar-refractivity contribution in [3.05, 3.63) is 35.0 Å². The molecule has 0 aromatic heterocycles. The van der Waals surface area contributed by atoms with Crippen LogP contribution < -0.4 is 14.8 Å². The molecule has 1 aromatic rings. The lowest BCUT2D eigenvalue weighted by molar-refractivity contribution is -0.139. The molecule has 1 atom stereocenters. The number of methoxy groups -OCH3 is 1. The molecule has 2 amide bonds. The van der Waals surface area contributed by atoms with Gasteiger partial charge in [-0.3, -0.25) is 0 Å². The van der Waals surface area contributed by atoms with Crippen LogP contribution in [0.2, 0.25) is 0 Å². The van der Waals surface area contributed by atoms with Crippen LogP contribution in [0.1, 0.15) is 25.5 Å². The van der Waals surface area contributed by atoms with Gasteiger partial charge in [0.2, 0.25) is 0 Å². The van der Waals surface area contributed by atoms with Gasteiger partial charge in [0, 0.05) is 12.7 Å². The van der Waals surface area contributed by atoms with Gasteiger partial charge in [-0.05, 0) is 31.5 Å². The number of urea groups is 1. The molecule has 0 saturated carbocycles. The number of halogens is 2. The van der Waals surface area contributed by atoms with Gasteiger partial charge >= 0.3 is 18.6 Å². The van der Waals surface area contributed by atoms with Crippen LogP contribution in [-0.2, 0) is 9.53 Å². The van der Waals surface area contributed by atoms with Crippen LogP contribution in [0.25, 0.3) is 0 Å². The van der Waals surface area contributed by atoms with Gasteiger partial charge in [-0.15, -0.1) is 0 Å². The van der Waals surface area contributed by atoms with Crippen molar-refractivity contribution in [3.63, 3.8) is 0 Å². The van der Waals surface area contributed by atoms with E-state index in [4.69, 9.17) is 9.47 Å². The van der Waals surface area contributed by atoms with E-state index in [1.807, 2.05) is 0 Å². The number of nitrogens with one attached hydrogen (secondary N) is 1. The maximum absolute atomic E-state index is 12.7. The Morgan fingerprint density at radius 2 is 2.04 bits per heavy atom. The van der Waals surface area contributed by atoms with Crippen LogP contribution in [-0.4, -0.2) is 44.3 Å². The summed E-state index contributed by atoms with van der Waals surface area (Å²) in [6, 6.07) is 2.97. The monoisotopic (exact) mass is 370 g/mol. The summed E-state index contributed by atoms with van der Waals surface area (Å²) >= 11 is 0. The maximum Gasteiger partial charge on any atom is 0.387 e. The Kier molecular flexibility index (Phi) is 6.01. The molecule has 0 radical (unpaired) electrons. The third-order valence-electron chi connectivity index (χ3n) is 3.99. The number of benzene rings is 1. The number of hydrogen-bond acceptors (Lipinski definition) is 5. The Morgan fingerprint density at radius 3 is 2.62 bits per heavy atom. The molecule has 1 heterocycles. The third kappa shape index (κ3) is 3.87. The van der Waals surface area contributed by atoms with Crippen LogP contribution in [0.3, 0.4) is 0 Å². The first-order valence-electron chi connectivity index (χ1n) is 7.85. The molecule has 26 heavy (non-hydrogen) atoms. The number of carbonyl (C=O) groups excluding carboxylic acids is 2. The molecular weight excluding hydrogens is 350 g/mol. The lowest BCUT2D eigenvalue weighted by atomic mass is 9.94. The molecule has 0 saturated heterocycles. The molecule has 0 fully saturated rings. The lowest BCUT2D eigenvalue weighted by Gasteiger charge is -2.33. The average molecular weight is 370 g/mol. The third-order valence-corrected chi connectivity index (χ3v) is 3.99. The Bertz CT molecular complexity index is 736. The SMILES string of the molecule is CCOC(=O)C1=C(C)N(C)C(=O)N[C@H]1c1ccc(OC)c(OC(F)F)c1. The highest BCUT2D eigenvalue weighted by Gasteiger charge is 2.35. The van der Waals surface area contributed by atoms with Crippen molar-refractivity contribution in [1.29, 1.82) is 0 Å². The van der Waals surface area contributed by atoms with E-state index in [-0.39, 0.29) is 23.7 Å². The van der Waals surface area contributed by atoms with E-state index >= 15 is 0 Å². The van der Waals surface area contributed by atoms with E-state index in [1.165, 1.54) is 31.2 Å². The zero-order valence-electron chi connectivity index (χ0n) is 14.8. The van der Waals surface area contributed by atoms with Crippen molar-refractivity contribution >= 4 is 12.0 Å². The number of nitrogens with zero attached hydrogens (tertiary/aromatic N) is 1. The molecule has 0 bridgehead atoms. The van der Waals surface area contributed by atoms with Gasteiger partial charge in [-0.2, -0.15) is 8.78 Å². The lowest BCUT2D eigenvalue weighted by Crippen LogP contribution is -2.46. The predicted octanol–water partition coefficient (Wildman–Crippen LogP) is 2.83. The zero-order valence-corrected chi connectivity index (χ0v) is 14.8. The van der Waals surface area contributed by atoms with Gasteiger partial charge < -0.3 is 24.4 Å². The van der Waals surface area contributed by atoms with E-state index < -0.39 is 24.7 Å². The molecular formula is C17H20F2N2O5. The van der Waals surface area contributed by atoms with Crippen molar-refractivity contribution < 1.29 is 32.6 Å². The van der Waals surface area contributed by atoms with Gasteiger partial charge in [-0.1, -0.05) is 6.07 Å². The number of alkyl halides is 2. The van der Waals surface area contributed by atoms with Crippen molar-refractivity contribution in [2.45, 2.75) is 26.5 Å². The van der Waals surface area contributed by atoms with Crippen LogP contribution in [0.15, 0.2) is 29.5 Å². The Morgan fingerprint density at radius 1 is 1.35 bits per heavy atom. The minimum atomic E-state index is -3.05. The van der Waals surface area contributed by atoms with Gasteiger partial charge in [0.1, 0.15) is 0 Å². The number of amides is 2.